The second-order valence-electron chi connectivity index (χ2n) is 5.39. The van der Waals surface area contributed by atoms with Crippen molar-refractivity contribution in [1.29, 1.82) is 5.26 Å². The predicted octanol–water partition coefficient (Wildman–Crippen LogP) is 2.99. The summed E-state index contributed by atoms with van der Waals surface area (Å²) >= 11 is 0.932. The quantitative estimate of drug-likeness (QED) is 0.248. The first-order chi connectivity index (χ1) is 12.8. The summed E-state index contributed by atoms with van der Waals surface area (Å²) in [6.45, 7) is 1.92. The minimum absolute atomic E-state index is 0.246. The summed E-state index contributed by atoms with van der Waals surface area (Å²) in [6.07, 6.45) is 0. The Kier molecular flexibility index (Phi) is 6.98. The van der Waals surface area contributed by atoms with Gasteiger partial charge in [-0.1, -0.05) is 46.7 Å². The van der Waals surface area contributed by atoms with E-state index in [1.807, 2.05) is 25.1 Å². The summed E-state index contributed by atoms with van der Waals surface area (Å²) in [5.74, 6) is -1.26. The van der Waals surface area contributed by atoms with Crippen molar-refractivity contribution >= 4 is 32.9 Å². The molecule has 0 amide bonds. The highest BCUT2D eigenvalue weighted by atomic mass is 32.2. The molecule has 2 aromatic rings. The zero-order valence-corrected chi connectivity index (χ0v) is 16.2. The number of hydrogen-bond donors (Lipinski definition) is 0. The molecule has 0 radical (unpaired) electrons. The summed E-state index contributed by atoms with van der Waals surface area (Å²) in [4.78, 5) is 12.5. The number of aryl methyl sites for hydroxylation is 1. The fraction of sp³-hybridized carbons (Fsp3) is 0.167. The van der Waals surface area contributed by atoms with Gasteiger partial charge in [0.15, 0.2) is 0 Å². The third-order valence-corrected chi connectivity index (χ3v) is 5.19. The van der Waals surface area contributed by atoms with Gasteiger partial charge in [0.25, 0.3) is 0 Å². The van der Waals surface area contributed by atoms with Crippen molar-refractivity contribution in [3.8, 4) is 6.07 Å². The number of nitrogens with zero attached hydrogens (tertiary/aromatic N) is 2. The standard InChI is InChI=1S/C18H16N2O5S2/c1-13-3-9-16(10-4-13)26-17(18(21)24-2)20-25-27(22,23)12-15-7-5-14(11-19)6-8-15/h3-10H,12H2,1-2H3/b20-17-. The number of rotatable bonds is 5. The maximum absolute atomic E-state index is 12.1. The molecular formula is C18H16N2O5S2. The normalized spacial score (nSPS) is 11.5. The van der Waals surface area contributed by atoms with Gasteiger partial charge in [-0.15, -0.1) is 0 Å². The SMILES string of the molecule is COC(=O)/C(=N/OS(=O)(=O)Cc1ccc(C#N)cc1)Sc1ccc(C)cc1. The number of thioether (sulfide) groups is 1. The predicted molar refractivity (Wildman–Crippen MR) is 101 cm³/mol. The van der Waals surface area contributed by atoms with E-state index < -0.39 is 21.8 Å². The Bertz CT molecular complexity index is 976. The van der Waals surface area contributed by atoms with Crippen LogP contribution in [0.4, 0.5) is 0 Å². The Hall–Kier alpha value is -2.83. The van der Waals surface area contributed by atoms with E-state index in [0.717, 1.165) is 17.3 Å². The monoisotopic (exact) mass is 404 g/mol. The number of carbonyl (C=O) groups excluding carboxylic acids is 1. The Labute approximate surface area is 161 Å². The van der Waals surface area contributed by atoms with Gasteiger partial charge in [-0.05, 0) is 36.8 Å². The lowest BCUT2D eigenvalue weighted by atomic mass is 10.2. The van der Waals surface area contributed by atoms with E-state index in [9.17, 15) is 13.2 Å². The van der Waals surface area contributed by atoms with Crippen molar-refractivity contribution in [1.82, 2.24) is 0 Å². The van der Waals surface area contributed by atoms with Crippen LogP contribution in [0.1, 0.15) is 16.7 Å². The summed E-state index contributed by atoms with van der Waals surface area (Å²) < 4.78 is 33.5. The molecule has 0 saturated carbocycles. The number of carbonyl (C=O) groups is 1. The van der Waals surface area contributed by atoms with E-state index >= 15 is 0 Å². The largest absolute Gasteiger partial charge is 0.464 e. The average Bonchev–Trinajstić information content (AvgIpc) is 2.66. The van der Waals surface area contributed by atoms with E-state index in [1.54, 1.807) is 12.1 Å². The molecule has 0 fully saturated rings. The first-order valence-corrected chi connectivity index (χ1v) is 10.0. The Morgan fingerprint density at radius 1 is 1.15 bits per heavy atom. The summed E-state index contributed by atoms with van der Waals surface area (Å²) in [5, 5.41) is 12.0. The van der Waals surface area contributed by atoms with Crippen molar-refractivity contribution in [2.45, 2.75) is 17.6 Å². The van der Waals surface area contributed by atoms with Gasteiger partial charge in [-0.25, -0.2) is 4.79 Å². The van der Waals surface area contributed by atoms with Crippen LogP contribution in [0.15, 0.2) is 58.6 Å². The summed E-state index contributed by atoms with van der Waals surface area (Å²) in [5.41, 5.74) is 1.88. The molecule has 0 aliphatic rings. The number of esters is 1. The molecule has 2 rings (SSSR count). The number of benzene rings is 2. The number of methoxy groups -OCH3 is 1. The van der Waals surface area contributed by atoms with Crippen LogP contribution in [0.2, 0.25) is 0 Å². The molecule has 0 heterocycles. The maximum atomic E-state index is 12.1. The van der Waals surface area contributed by atoms with Crippen molar-refractivity contribution in [3.63, 3.8) is 0 Å². The number of nitriles is 1. The highest BCUT2D eigenvalue weighted by Crippen LogP contribution is 2.21. The smallest absolute Gasteiger partial charge is 0.367 e. The summed E-state index contributed by atoms with van der Waals surface area (Å²) in [6, 6.07) is 15.2. The zero-order valence-electron chi connectivity index (χ0n) is 14.6. The molecule has 9 heteroatoms. The van der Waals surface area contributed by atoms with E-state index in [1.165, 1.54) is 31.4 Å². The molecule has 0 N–H and O–H groups in total. The third-order valence-electron chi connectivity index (χ3n) is 3.26. The van der Waals surface area contributed by atoms with Crippen LogP contribution in [0.5, 0.6) is 0 Å². The Balaban J connectivity index is 2.13. The van der Waals surface area contributed by atoms with Crippen LogP contribution in [0.3, 0.4) is 0 Å². The number of ether oxygens (including phenoxy) is 1. The Morgan fingerprint density at radius 2 is 1.78 bits per heavy atom. The van der Waals surface area contributed by atoms with Crippen LogP contribution in [0, 0.1) is 18.3 Å². The average molecular weight is 404 g/mol. The van der Waals surface area contributed by atoms with E-state index in [0.29, 0.717) is 16.0 Å². The number of hydrogen-bond acceptors (Lipinski definition) is 8. The van der Waals surface area contributed by atoms with E-state index in [2.05, 4.69) is 14.2 Å². The molecule has 0 bridgehead atoms. The van der Waals surface area contributed by atoms with Crippen LogP contribution in [-0.2, 0) is 29.7 Å². The lowest BCUT2D eigenvalue weighted by Crippen LogP contribution is -2.14. The number of oxime groups is 1. The fourth-order valence-corrected chi connectivity index (χ4v) is 3.52. The molecule has 0 aliphatic carbocycles. The van der Waals surface area contributed by atoms with Gasteiger partial charge in [-0.2, -0.15) is 13.7 Å². The van der Waals surface area contributed by atoms with Gasteiger partial charge in [0, 0.05) is 4.90 Å². The highest BCUT2D eigenvalue weighted by Gasteiger charge is 2.19. The van der Waals surface area contributed by atoms with Gasteiger partial charge < -0.3 is 4.74 Å². The van der Waals surface area contributed by atoms with Gasteiger partial charge >= 0.3 is 16.1 Å². The first-order valence-electron chi connectivity index (χ1n) is 7.64. The zero-order chi connectivity index (χ0) is 19.9. The lowest BCUT2D eigenvalue weighted by Gasteiger charge is -2.06. The van der Waals surface area contributed by atoms with Gasteiger partial charge in [0.1, 0.15) is 5.75 Å². The second-order valence-corrected chi connectivity index (χ2v) is 8.00. The second kappa shape index (κ2) is 9.21. The summed E-state index contributed by atoms with van der Waals surface area (Å²) in [7, 11) is -2.92. The molecule has 140 valence electrons. The topological polar surface area (TPSA) is 106 Å². The molecular weight excluding hydrogens is 388 g/mol. The van der Waals surface area contributed by atoms with Gasteiger partial charge in [0.05, 0.1) is 18.7 Å². The lowest BCUT2D eigenvalue weighted by molar-refractivity contribution is -0.132. The molecule has 27 heavy (non-hydrogen) atoms. The van der Waals surface area contributed by atoms with Crippen LogP contribution < -0.4 is 0 Å². The third kappa shape index (κ3) is 6.44. The van der Waals surface area contributed by atoms with Gasteiger partial charge in [-0.3, -0.25) is 4.28 Å². The van der Waals surface area contributed by atoms with Crippen molar-refractivity contribution in [2.24, 2.45) is 5.16 Å². The minimum atomic E-state index is -4.08. The van der Waals surface area contributed by atoms with E-state index in [4.69, 9.17) is 5.26 Å². The first kappa shape index (κ1) is 20.5. The highest BCUT2D eigenvalue weighted by molar-refractivity contribution is 8.15. The van der Waals surface area contributed by atoms with Crippen molar-refractivity contribution in [3.05, 3.63) is 65.2 Å². The molecule has 0 aliphatic heterocycles. The molecule has 7 nitrogen and oxygen atoms in total. The molecule has 2 aromatic carbocycles. The van der Waals surface area contributed by atoms with Crippen LogP contribution >= 0.6 is 11.8 Å². The molecule has 0 atom stereocenters. The molecule has 0 spiro atoms. The fourth-order valence-electron chi connectivity index (χ4n) is 1.90. The van der Waals surface area contributed by atoms with E-state index in [-0.39, 0.29) is 5.04 Å². The van der Waals surface area contributed by atoms with Crippen LogP contribution in [0.25, 0.3) is 0 Å². The van der Waals surface area contributed by atoms with Crippen LogP contribution in [-0.4, -0.2) is 26.5 Å². The maximum Gasteiger partial charge on any atom is 0.367 e. The molecule has 0 unspecified atom stereocenters. The molecule has 0 saturated heterocycles. The molecule has 0 aromatic heterocycles. The Morgan fingerprint density at radius 3 is 2.33 bits per heavy atom. The van der Waals surface area contributed by atoms with Gasteiger partial charge in [0.2, 0.25) is 5.04 Å². The van der Waals surface area contributed by atoms with Crippen molar-refractivity contribution in [2.75, 3.05) is 7.11 Å². The minimum Gasteiger partial charge on any atom is -0.464 e. The van der Waals surface area contributed by atoms with Crippen molar-refractivity contribution < 1.29 is 22.2 Å².